The number of hydrogen-bond donors (Lipinski definition) is 0. The van der Waals surface area contributed by atoms with Crippen LogP contribution in [0, 0.1) is 0 Å². The van der Waals surface area contributed by atoms with Crippen molar-refractivity contribution in [1.29, 1.82) is 0 Å². The monoisotopic (exact) mass is 300 g/mol. The lowest BCUT2D eigenvalue weighted by molar-refractivity contribution is -0.127. The first-order chi connectivity index (χ1) is 8.20. The predicted octanol–water partition coefficient (Wildman–Crippen LogP) is 0.492. The quantitative estimate of drug-likeness (QED) is 0.810. The van der Waals surface area contributed by atoms with Crippen molar-refractivity contribution in [2.24, 2.45) is 0 Å². The van der Waals surface area contributed by atoms with Gasteiger partial charge in [0, 0.05) is 26.0 Å². The molecular formula is C10H13BrN4O2. The largest absolute Gasteiger partial charge is 0.383 e. The van der Waals surface area contributed by atoms with E-state index in [2.05, 4.69) is 25.9 Å². The van der Waals surface area contributed by atoms with Gasteiger partial charge in [-0.3, -0.25) is 4.79 Å². The molecule has 1 aromatic heterocycles. The molecule has 0 aliphatic carbocycles. The zero-order chi connectivity index (χ0) is 12.3. The topological polar surface area (TPSA) is 58.6 Å². The Bertz CT molecular complexity index is 398. The highest BCUT2D eigenvalue weighted by molar-refractivity contribution is 9.10. The Hall–Kier alpha value is -1.21. The SMILES string of the molecule is COCCN1CN(c2ncc(Br)cn2)CC1=O. The molecule has 0 unspecified atom stereocenters. The lowest BCUT2D eigenvalue weighted by Gasteiger charge is -2.17. The van der Waals surface area contributed by atoms with Crippen molar-refractivity contribution in [3.63, 3.8) is 0 Å². The van der Waals surface area contributed by atoms with Gasteiger partial charge in [-0.05, 0) is 15.9 Å². The minimum atomic E-state index is 0.0774. The highest BCUT2D eigenvalue weighted by Crippen LogP contribution is 2.15. The van der Waals surface area contributed by atoms with E-state index in [1.807, 2.05) is 4.90 Å². The van der Waals surface area contributed by atoms with Gasteiger partial charge in [-0.2, -0.15) is 0 Å². The number of methoxy groups -OCH3 is 1. The lowest BCUT2D eigenvalue weighted by Crippen LogP contribution is -2.30. The van der Waals surface area contributed by atoms with E-state index in [9.17, 15) is 4.79 Å². The molecule has 6 nitrogen and oxygen atoms in total. The maximum absolute atomic E-state index is 11.7. The summed E-state index contributed by atoms with van der Waals surface area (Å²) in [7, 11) is 1.62. The van der Waals surface area contributed by atoms with E-state index in [1.54, 1.807) is 24.4 Å². The number of hydrogen-bond acceptors (Lipinski definition) is 5. The molecule has 17 heavy (non-hydrogen) atoms. The second kappa shape index (κ2) is 5.42. The zero-order valence-electron chi connectivity index (χ0n) is 9.47. The third kappa shape index (κ3) is 2.92. The molecule has 92 valence electrons. The van der Waals surface area contributed by atoms with E-state index in [-0.39, 0.29) is 5.91 Å². The van der Waals surface area contributed by atoms with E-state index in [0.717, 1.165) is 4.47 Å². The lowest BCUT2D eigenvalue weighted by atomic mass is 10.5. The van der Waals surface area contributed by atoms with Crippen molar-refractivity contribution < 1.29 is 9.53 Å². The van der Waals surface area contributed by atoms with E-state index < -0.39 is 0 Å². The smallest absolute Gasteiger partial charge is 0.243 e. The number of nitrogens with zero attached hydrogens (tertiary/aromatic N) is 4. The Labute approximate surface area is 108 Å². The number of rotatable bonds is 4. The molecule has 1 saturated heterocycles. The van der Waals surface area contributed by atoms with Crippen LogP contribution in [0.4, 0.5) is 5.95 Å². The summed E-state index contributed by atoms with van der Waals surface area (Å²) in [5.41, 5.74) is 0. The van der Waals surface area contributed by atoms with Crippen molar-refractivity contribution in [2.75, 3.05) is 38.4 Å². The van der Waals surface area contributed by atoms with Crippen LogP contribution in [0.3, 0.4) is 0 Å². The van der Waals surface area contributed by atoms with Gasteiger partial charge in [-0.1, -0.05) is 0 Å². The molecule has 2 rings (SSSR count). The second-order valence-electron chi connectivity index (χ2n) is 3.69. The fraction of sp³-hybridized carbons (Fsp3) is 0.500. The number of aromatic nitrogens is 2. The van der Waals surface area contributed by atoms with Gasteiger partial charge in [0.15, 0.2) is 0 Å². The molecule has 1 amide bonds. The Morgan fingerprint density at radius 2 is 2.18 bits per heavy atom. The molecule has 0 bridgehead atoms. The van der Waals surface area contributed by atoms with Gasteiger partial charge in [0.2, 0.25) is 11.9 Å². The number of carbonyl (C=O) groups excluding carboxylic acids is 1. The van der Waals surface area contributed by atoms with Crippen LogP contribution in [0.15, 0.2) is 16.9 Å². The van der Waals surface area contributed by atoms with Crippen LogP contribution in [-0.4, -0.2) is 54.2 Å². The summed E-state index contributed by atoms with van der Waals surface area (Å²) in [4.78, 5) is 23.6. The van der Waals surface area contributed by atoms with E-state index in [0.29, 0.717) is 32.3 Å². The van der Waals surface area contributed by atoms with Crippen LogP contribution in [0.25, 0.3) is 0 Å². The third-order valence-corrected chi connectivity index (χ3v) is 2.88. The number of carbonyl (C=O) groups is 1. The summed E-state index contributed by atoms with van der Waals surface area (Å²) in [6.45, 7) is 1.98. The summed E-state index contributed by atoms with van der Waals surface area (Å²) in [6.07, 6.45) is 3.34. The van der Waals surface area contributed by atoms with Crippen molar-refractivity contribution in [1.82, 2.24) is 14.9 Å². The van der Waals surface area contributed by atoms with Gasteiger partial charge in [-0.25, -0.2) is 9.97 Å². The first kappa shape index (κ1) is 12.3. The fourth-order valence-corrected chi connectivity index (χ4v) is 1.80. The Kier molecular flexibility index (Phi) is 3.90. The van der Waals surface area contributed by atoms with Crippen LogP contribution in [0.1, 0.15) is 0 Å². The van der Waals surface area contributed by atoms with Crippen LogP contribution in [0.5, 0.6) is 0 Å². The van der Waals surface area contributed by atoms with E-state index in [4.69, 9.17) is 4.74 Å². The van der Waals surface area contributed by atoms with Gasteiger partial charge < -0.3 is 14.5 Å². The molecule has 0 saturated carbocycles. The molecule has 0 atom stereocenters. The van der Waals surface area contributed by atoms with Crippen LogP contribution >= 0.6 is 15.9 Å². The van der Waals surface area contributed by atoms with Crippen LogP contribution in [0.2, 0.25) is 0 Å². The molecule has 1 aromatic rings. The van der Waals surface area contributed by atoms with Gasteiger partial charge >= 0.3 is 0 Å². The van der Waals surface area contributed by atoms with Crippen molar-refractivity contribution in [3.8, 4) is 0 Å². The summed E-state index contributed by atoms with van der Waals surface area (Å²) in [6, 6.07) is 0. The average Bonchev–Trinajstić information content (AvgIpc) is 2.69. The van der Waals surface area contributed by atoms with Gasteiger partial charge in [0.1, 0.15) is 6.54 Å². The standard InChI is InChI=1S/C10H13BrN4O2/c1-17-3-2-14-7-15(6-9(14)16)10-12-4-8(11)5-13-10/h4-5H,2-3,6-7H2,1H3. The summed E-state index contributed by atoms with van der Waals surface area (Å²) in [5.74, 6) is 0.648. The maximum Gasteiger partial charge on any atom is 0.243 e. The highest BCUT2D eigenvalue weighted by atomic mass is 79.9. The third-order valence-electron chi connectivity index (χ3n) is 2.48. The Morgan fingerprint density at radius 1 is 1.47 bits per heavy atom. The minimum absolute atomic E-state index is 0.0774. The predicted molar refractivity (Wildman–Crippen MR) is 65.5 cm³/mol. The molecule has 0 N–H and O–H groups in total. The van der Waals surface area contributed by atoms with Crippen molar-refractivity contribution >= 4 is 27.8 Å². The first-order valence-electron chi connectivity index (χ1n) is 5.20. The van der Waals surface area contributed by atoms with Crippen molar-refractivity contribution in [2.45, 2.75) is 0 Å². The number of ether oxygens (including phenoxy) is 1. The first-order valence-corrected chi connectivity index (χ1v) is 5.99. The molecule has 1 aliphatic heterocycles. The van der Waals surface area contributed by atoms with E-state index in [1.165, 1.54) is 0 Å². The highest BCUT2D eigenvalue weighted by Gasteiger charge is 2.28. The van der Waals surface area contributed by atoms with Gasteiger partial charge in [0.05, 0.1) is 17.7 Å². The molecule has 1 aliphatic rings. The van der Waals surface area contributed by atoms with Crippen LogP contribution in [-0.2, 0) is 9.53 Å². The van der Waals surface area contributed by atoms with Crippen molar-refractivity contribution in [3.05, 3.63) is 16.9 Å². The van der Waals surface area contributed by atoms with Gasteiger partial charge in [0.25, 0.3) is 0 Å². The molecule has 0 radical (unpaired) electrons. The number of halogens is 1. The zero-order valence-corrected chi connectivity index (χ0v) is 11.1. The molecule has 0 spiro atoms. The minimum Gasteiger partial charge on any atom is -0.383 e. The van der Waals surface area contributed by atoms with Gasteiger partial charge in [-0.15, -0.1) is 0 Å². The summed E-state index contributed by atoms with van der Waals surface area (Å²) in [5, 5.41) is 0. The van der Waals surface area contributed by atoms with E-state index >= 15 is 0 Å². The molecule has 1 fully saturated rings. The average molecular weight is 301 g/mol. The molecule has 7 heteroatoms. The molecule has 0 aromatic carbocycles. The maximum atomic E-state index is 11.7. The Morgan fingerprint density at radius 3 is 2.82 bits per heavy atom. The van der Waals surface area contributed by atoms with Crippen LogP contribution < -0.4 is 4.90 Å². The summed E-state index contributed by atoms with van der Waals surface area (Å²) >= 11 is 3.27. The fourth-order valence-electron chi connectivity index (χ4n) is 1.60. The summed E-state index contributed by atoms with van der Waals surface area (Å²) < 4.78 is 5.78. The second-order valence-corrected chi connectivity index (χ2v) is 4.61. The molecular weight excluding hydrogens is 288 g/mol. The molecule has 2 heterocycles. The Balaban J connectivity index is 2.00. The normalized spacial score (nSPS) is 15.8. The number of anilines is 1. The number of amides is 1.